The van der Waals surface area contributed by atoms with E-state index >= 15 is 0 Å². The molecule has 0 radical (unpaired) electrons. The fourth-order valence-corrected chi connectivity index (χ4v) is 4.41. The van der Waals surface area contributed by atoms with Crippen molar-refractivity contribution < 1.29 is 0 Å². The summed E-state index contributed by atoms with van der Waals surface area (Å²) in [4.78, 5) is 4.31. The maximum absolute atomic E-state index is 4.31. The second-order valence-corrected chi connectivity index (χ2v) is 10.2. The Hall–Kier alpha value is -0.790. The predicted octanol–water partition coefficient (Wildman–Crippen LogP) is 6.49. The van der Waals surface area contributed by atoms with E-state index in [0.29, 0.717) is 10.8 Å². The molecule has 0 bridgehead atoms. The first kappa shape index (κ1) is 19.5. The summed E-state index contributed by atoms with van der Waals surface area (Å²) in [6.45, 7) is 15.4. The zero-order chi connectivity index (χ0) is 17.8. The lowest BCUT2D eigenvalue weighted by molar-refractivity contribution is 0.230. The van der Waals surface area contributed by atoms with Crippen LogP contribution in [-0.2, 0) is 13.0 Å². The van der Waals surface area contributed by atoms with Crippen LogP contribution < -0.4 is 0 Å². The van der Waals surface area contributed by atoms with Gasteiger partial charge >= 0.3 is 0 Å². The van der Waals surface area contributed by atoms with Gasteiger partial charge in [0.25, 0.3) is 0 Å². The maximum atomic E-state index is 4.31. The fourth-order valence-electron chi connectivity index (χ4n) is 4.41. The van der Waals surface area contributed by atoms with E-state index in [0.717, 1.165) is 24.8 Å². The van der Waals surface area contributed by atoms with Crippen molar-refractivity contribution in [1.82, 2.24) is 9.55 Å². The molecule has 0 aliphatic heterocycles. The standard InChI is InChI=1S/C22H40N2/c1-7-20-16-23-17-24(20)13-12-22(5,6)15-19-9-8-18(14-19)10-11-21(2,3)4/h16-19H,7-15H2,1-6H3. The van der Waals surface area contributed by atoms with Crippen molar-refractivity contribution in [3.05, 3.63) is 18.2 Å². The molecule has 2 heteroatoms. The van der Waals surface area contributed by atoms with Crippen LogP contribution in [0.15, 0.2) is 12.5 Å². The first-order valence-electron chi connectivity index (χ1n) is 10.2. The van der Waals surface area contributed by atoms with E-state index in [1.807, 2.05) is 12.5 Å². The van der Waals surface area contributed by atoms with E-state index in [1.54, 1.807) is 0 Å². The summed E-state index contributed by atoms with van der Waals surface area (Å²) in [6.07, 6.45) is 15.0. The first-order valence-corrected chi connectivity index (χ1v) is 10.2. The highest BCUT2D eigenvalue weighted by Crippen LogP contribution is 2.42. The summed E-state index contributed by atoms with van der Waals surface area (Å²) in [5.41, 5.74) is 2.31. The van der Waals surface area contributed by atoms with Crippen molar-refractivity contribution in [3.63, 3.8) is 0 Å². The molecule has 2 nitrogen and oxygen atoms in total. The maximum Gasteiger partial charge on any atom is 0.0948 e. The van der Waals surface area contributed by atoms with Crippen LogP contribution in [0.4, 0.5) is 0 Å². The summed E-state index contributed by atoms with van der Waals surface area (Å²) in [5, 5.41) is 0. The molecule has 138 valence electrons. The van der Waals surface area contributed by atoms with E-state index in [1.165, 1.54) is 50.6 Å². The monoisotopic (exact) mass is 332 g/mol. The minimum Gasteiger partial charge on any atom is -0.335 e. The van der Waals surface area contributed by atoms with Crippen molar-refractivity contribution in [1.29, 1.82) is 0 Å². The lowest BCUT2D eigenvalue weighted by atomic mass is 9.79. The molecule has 1 aromatic rings. The summed E-state index contributed by atoms with van der Waals surface area (Å²) < 4.78 is 2.35. The van der Waals surface area contributed by atoms with Gasteiger partial charge in [-0.2, -0.15) is 0 Å². The average molecular weight is 333 g/mol. The zero-order valence-electron chi connectivity index (χ0n) is 17.1. The van der Waals surface area contributed by atoms with Crippen molar-refractivity contribution >= 4 is 0 Å². The highest BCUT2D eigenvalue weighted by atomic mass is 15.0. The molecule has 1 aromatic heterocycles. The Bertz CT molecular complexity index is 492. The van der Waals surface area contributed by atoms with Crippen molar-refractivity contribution in [3.8, 4) is 0 Å². The van der Waals surface area contributed by atoms with E-state index in [-0.39, 0.29) is 0 Å². The van der Waals surface area contributed by atoms with E-state index in [9.17, 15) is 0 Å². The van der Waals surface area contributed by atoms with Crippen LogP contribution in [0.25, 0.3) is 0 Å². The van der Waals surface area contributed by atoms with Gasteiger partial charge in [-0.05, 0) is 61.2 Å². The van der Waals surface area contributed by atoms with Crippen LogP contribution in [0, 0.1) is 22.7 Å². The molecule has 0 saturated heterocycles. The Morgan fingerprint density at radius 2 is 1.79 bits per heavy atom. The zero-order valence-corrected chi connectivity index (χ0v) is 17.1. The molecule has 2 unspecified atom stereocenters. The first-order chi connectivity index (χ1) is 11.2. The van der Waals surface area contributed by atoms with Crippen LogP contribution in [0.5, 0.6) is 0 Å². The van der Waals surface area contributed by atoms with Crippen LogP contribution in [-0.4, -0.2) is 9.55 Å². The quantitative estimate of drug-likeness (QED) is 0.531. The summed E-state index contributed by atoms with van der Waals surface area (Å²) in [7, 11) is 0. The van der Waals surface area contributed by atoms with Gasteiger partial charge in [0.2, 0.25) is 0 Å². The van der Waals surface area contributed by atoms with E-state index in [4.69, 9.17) is 0 Å². The molecule has 2 atom stereocenters. The van der Waals surface area contributed by atoms with E-state index < -0.39 is 0 Å². The molecule has 1 fully saturated rings. The third-order valence-electron chi connectivity index (χ3n) is 5.98. The lowest BCUT2D eigenvalue weighted by Gasteiger charge is -2.29. The molecule has 1 aliphatic carbocycles. The molecule has 2 rings (SSSR count). The Kier molecular flexibility index (Phi) is 6.56. The van der Waals surface area contributed by atoms with Gasteiger partial charge in [0.05, 0.1) is 6.33 Å². The topological polar surface area (TPSA) is 17.8 Å². The number of nitrogens with zero attached hydrogens (tertiary/aromatic N) is 2. The van der Waals surface area contributed by atoms with Gasteiger partial charge < -0.3 is 4.57 Å². The molecule has 1 saturated carbocycles. The fraction of sp³-hybridized carbons (Fsp3) is 0.864. The number of aryl methyl sites for hydroxylation is 2. The highest BCUT2D eigenvalue weighted by Gasteiger charge is 2.30. The van der Waals surface area contributed by atoms with Gasteiger partial charge in [-0.1, -0.05) is 54.4 Å². The highest BCUT2D eigenvalue weighted by molar-refractivity contribution is 4.97. The molecular weight excluding hydrogens is 292 g/mol. The summed E-state index contributed by atoms with van der Waals surface area (Å²) in [6, 6.07) is 0. The van der Waals surface area contributed by atoms with Gasteiger partial charge in [-0.25, -0.2) is 4.98 Å². The van der Waals surface area contributed by atoms with Gasteiger partial charge in [0, 0.05) is 18.4 Å². The smallest absolute Gasteiger partial charge is 0.0948 e. The molecule has 0 amide bonds. The number of imidazole rings is 1. The Morgan fingerprint density at radius 1 is 1.08 bits per heavy atom. The van der Waals surface area contributed by atoms with Crippen LogP contribution in [0.2, 0.25) is 0 Å². The van der Waals surface area contributed by atoms with Crippen molar-refractivity contribution in [2.45, 2.75) is 99.5 Å². The second-order valence-electron chi connectivity index (χ2n) is 10.2. The third kappa shape index (κ3) is 6.26. The summed E-state index contributed by atoms with van der Waals surface area (Å²) in [5.74, 6) is 1.95. The minimum atomic E-state index is 0.443. The van der Waals surface area contributed by atoms with Gasteiger partial charge in [0.1, 0.15) is 0 Å². The number of rotatable bonds is 8. The Morgan fingerprint density at radius 3 is 2.46 bits per heavy atom. The largest absolute Gasteiger partial charge is 0.335 e. The molecule has 24 heavy (non-hydrogen) atoms. The van der Waals surface area contributed by atoms with E-state index in [2.05, 4.69) is 51.1 Å². The van der Waals surface area contributed by atoms with Crippen LogP contribution in [0.1, 0.15) is 92.2 Å². The number of hydrogen-bond acceptors (Lipinski definition) is 1. The molecule has 1 aliphatic rings. The van der Waals surface area contributed by atoms with Crippen molar-refractivity contribution in [2.75, 3.05) is 0 Å². The molecule has 1 heterocycles. The molecule has 0 N–H and O–H groups in total. The molecule has 0 spiro atoms. The number of hydrogen-bond donors (Lipinski definition) is 0. The summed E-state index contributed by atoms with van der Waals surface area (Å²) >= 11 is 0. The third-order valence-corrected chi connectivity index (χ3v) is 5.98. The SMILES string of the molecule is CCc1cncn1CCC(C)(C)CC1CCC(CCC(C)(C)C)C1. The van der Waals surface area contributed by atoms with Gasteiger partial charge in [0.15, 0.2) is 0 Å². The van der Waals surface area contributed by atoms with Gasteiger partial charge in [-0.3, -0.25) is 0 Å². The predicted molar refractivity (Wildman–Crippen MR) is 104 cm³/mol. The minimum absolute atomic E-state index is 0.443. The normalized spacial score (nSPS) is 22.2. The van der Waals surface area contributed by atoms with Gasteiger partial charge in [-0.15, -0.1) is 0 Å². The molecule has 0 aromatic carbocycles. The Balaban J connectivity index is 1.76. The number of aromatic nitrogens is 2. The average Bonchev–Trinajstić information content (AvgIpc) is 3.10. The second kappa shape index (κ2) is 8.06. The van der Waals surface area contributed by atoms with Crippen molar-refractivity contribution in [2.24, 2.45) is 22.7 Å². The Labute approximate surface area is 150 Å². The van der Waals surface area contributed by atoms with Crippen LogP contribution >= 0.6 is 0 Å². The van der Waals surface area contributed by atoms with Crippen LogP contribution in [0.3, 0.4) is 0 Å². The molecular formula is C22H40N2. The lowest BCUT2D eigenvalue weighted by Crippen LogP contribution is -2.19.